The third kappa shape index (κ3) is 3.88. The highest BCUT2D eigenvalue weighted by atomic mass is 19.1. The van der Waals surface area contributed by atoms with E-state index in [-0.39, 0.29) is 18.3 Å². The van der Waals surface area contributed by atoms with Gasteiger partial charge in [-0.1, -0.05) is 18.2 Å². The first-order valence-electron chi connectivity index (χ1n) is 6.79. The topological polar surface area (TPSA) is 56.1 Å². The normalized spacial score (nSPS) is 12.1. The van der Waals surface area contributed by atoms with E-state index in [9.17, 15) is 9.18 Å². The molecule has 1 unspecified atom stereocenters. The molecule has 0 bridgehead atoms. The van der Waals surface area contributed by atoms with Crippen LogP contribution in [-0.2, 0) is 16.1 Å². The number of nitrogens with one attached hydrogen (secondary N) is 1. The molecule has 5 nitrogen and oxygen atoms in total. The molecule has 21 heavy (non-hydrogen) atoms. The quantitative estimate of drug-likeness (QED) is 0.889. The second-order valence-electron chi connectivity index (χ2n) is 4.55. The van der Waals surface area contributed by atoms with Gasteiger partial charge in [-0.2, -0.15) is 5.10 Å². The average molecular weight is 291 g/mol. The minimum Gasteiger partial charge on any atom is -0.369 e. The number of ether oxygens (including phenoxy) is 1. The van der Waals surface area contributed by atoms with E-state index in [1.54, 1.807) is 37.4 Å². The molecular formula is C15H18FN3O2. The molecule has 1 amide bonds. The van der Waals surface area contributed by atoms with Gasteiger partial charge < -0.3 is 10.1 Å². The molecule has 2 aromatic rings. The Morgan fingerprint density at radius 3 is 2.90 bits per heavy atom. The third-order valence-corrected chi connectivity index (χ3v) is 3.03. The predicted molar refractivity (Wildman–Crippen MR) is 77.4 cm³/mol. The summed E-state index contributed by atoms with van der Waals surface area (Å²) in [6.07, 6.45) is 1.01. The summed E-state index contributed by atoms with van der Waals surface area (Å²) in [5.74, 6) is -0.0464. The highest BCUT2D eigenvalue weighted by molar-refractivity contribution is 5.93. The molecule has 6 heteroatoms. The number of carbonyl (C=O) groups excluding carboxylic acids is 1. The number of hydrogen-bond acceptors (Lipinski definition) is 3. The number of benzene rings is 1. The molecule has 0 aliphatic rings. The highest BCUT2D eigenvalue weighted by Gasteiger charge is 2.15. The SMILES string of the molecule is CCOC(C)C(=O)Nc1ccnn1Cc1ccccc1F. The highest BCUT2D eigenvalue weighted by Crippen LogP contribution is 2.13. The standard InChI is InChI=1S/C15H18FN3O2/c1-3-21-11(2)15(20)18-14-8-9-17-19(14)10-12-6-4-5-7-13(12)16/h4-9,11H,3,10H2,1-2H3,(H,18,20). The first kappa shape index (κ1) is 15.2. The molecule has 112 valence electrons. The van der Waals surface area contributed by atoms with Crippen molar-refractivity contribution in [2.75, 3.05) is 11.9 Å². The van der Waals surface area contributed by atoms with Gasteiger partial charge in [0, 0.05) is 18.2 Å². The largest absolute Gasteiger partial charge is 0.369 e. The maximum Gasteiger partial charge on any atom is 0.254 e. The zero-order chi connectivity index (χ0) is 15.2. The number of amides is 1. The van der Waals surface area contributed by atoms with Gasteiger partial charge in [0.2, 0.25) is 0 Å². The summed E-state index contributed by atoms with van der Waals surface area (Å²) in [5, 5.41) is 6.83. The molecule has 0 saturated heterocycles. The molecule has 1 aromatic carbocycles. The van der Waals surface area contributed by atoms with Crippen molar-refractivity contribution in [2.45, 2.75) is 26.5 Å². The lowest BCUT2D eigenvalue weighted by molar-refractivity contribution is -0.126. The number of nitrogens with zero attached hydrogens (tertiary/aromatic N) is 2. The van der Waals surface area contributed by atoms with Crippen molar-refractivity contribution >= 4 is 11.7 Å². The van der Waals surface area contributed by atoms with E-state index in [2.05, 4.69) is 10.4 Å². The summed E-state index contributed by atoms with van der Waals surface area (Å²) in [4.78, 5) is 11.9. The zero-order valence-electron chi connectivity index (χ0n) is 12.0. The van der Waals surface area contributed by atoms with Crippen molar-refractivity contribution in [1.82, 2.24) is 9.78 Å². The fourth-order valence-electron chi connectivity index (χ4n) is 1.91. The monoisotopic (exact) mass is 291 g/mol. The van der Waals surface area contributed by atoms with Crippen LogP contribution in [0.15, 0.2) is 36.5 Å². The molecule has 1 aromatic heterocycles. The average Bonchev–Trinajstić information content (AvgIpc) is 2.89. The number of carbonyl (C=O) groups is 1. The lowest BCUT2D eigenvalue weighted by atomic mass is 10.2. The van der Waals surface area contributed by atoms with E-state index in [1.807, 2.05) is 6.92 Å². The zero-order valence-corrected chi connectivity index (χ0v) is 12.0. The van der Waals surface area contributed by atoms with Gasteiger partial charge >= 0.3 is 0 Å². The van der Waals surface area contributed by atoms with E-state index in [0.717, 1.165) is 0 Å². The maximum absolute atomic E-state index is 13.7. The lowest BCUT2D eigenvalue weighted by Crippen LogP contribution is -2.28. The van der Waals surface area contributed by atoms with Crippen LogP contribution in [0.3, 0.4) is 0 Å². The van der Waals surface area contributed by atoms with Crippen LogP contribution in [0.5, 0.6) is 0 Å². The van der Waals surface area contributed by atoms with Gasteiger partial charge in [-0.25, -0.2) is 9.07 Å². The fourth-order valence-corrected chi connectivity index (χ4v) is 1.91. The van der Waals surface area contributed by atoms with Gasteiger partial charge in [0.1, 0.15) is 17.7 Å². The number of rotatable bonds is 6. The van der Waals surface area contributed by atoms with Gasteiger partial charge in [0.15, 0.2) is 0 Å². The summed E-state index contributed by atoms with van der Waals surface area (Å²) < 4.78 is 20.4. The Morgan fingerprint density at radius 2 is 2.19 bits per heavy atom. The van der Waals surface area contributed by atoms with Gasteiger partial charge in [0.05, 0.1) is 12.7 Å². The molecule has 0 radical (unpaired) electrons. The van der Waals surface area contributed by atoms with E-state index in [0.29, 0.717) is 18.0 Å². The lowest BCUT2D eigenvalue weighted by Gasteiger charge is -2.13. The number of anilines is 1. The Kier molecular flexibility index (Phi) is 5.05. The van der Waals surface area contributed by atoms with Gasteiger partial charge in [-0.3, -0.25) is 4.79 Å². The van der Waals surface area contributed by atoms with Gasteiger partial charge in [-0.05, 0) is 19.9 Å². The second-order valence-corrected chi connectivity index (χ2v) is 4.55. The minimum absolute atomic E-state index is 0.248. The van der Waals surface area contributed by atoms with Crippen molar-refractivity contribution in [3.05, 3.63) is 47.9 Å². The van der Waals surface area contributed by atoms with Crippen molar-refractivity contribution in [3.63, 3.8) is 0 Å². The fraction of sp³-hybridized carbons (Fsp3) is 0.333. The number of hydrogen-bond donors (Lipinski definition) is 1. The van der Waals surface area contributed by atoms with E-state index in [4.69, 9.17) is 4.74 Å². The van der Waals surface area contributed by atoms with Crippen LogP contribution in [0.1, 0.15) is 19.4 Å². The molecule has 1 heterocycles. The van der Waals surface area contributed by atoms with Crippen LogP contribution in [0, 0.1) is 5.82 Å². The van der Waals surface area contributed by atoms with Gasteiger partial charge in [0.25, 0.3) is 5.91 Å². The number of aromatic nitrogens is 2. The Balaban J connectivity index is 2.09. The van der Waals surface area contributed by atoms with E-state index >= 15 is 0 Å². The first-order valence-corrected chi connectivity index (χ1v) is 6.79. The Hall–Kier alpha value is -2.21. The van der Waals surface area contributed by atoms with Crippen LogP contribution in [0.25, 0.3) is 0 Å². The number of halogens is 1. The van der Waals surface area contributed by atoms with Crippen LogP contribution in [-0.4, -0.2) is 28.4 Å². The first-order chi connectivity index (χ1) is 10.1. The second kappa shape index (κ2) is 6.99. The van der Waals surface area contributed by atoms with Crippen LogP contribution >= 0.6 is 0 Å². The van der Waals surface area contributed by atoms with E-state index < -0.39 is 6.10 Å². The summed E-state index contributed by atoms with van der Waals surface area (Å²) >= 11 is 0. The van der Waals surface area contributed by atoms with E-state index in [1.165, 1.54) is 10.7 Å². The Morgan fingerprint density at radius 1 is 1.43 bits per heavy atom. The molecule has 2 rings (SSSR count). The molecule has 1 N–H and O–H groups in total. The van der Waals surface area contributed by atoms with Crippen molar-refractivity contribution < 1.29 is 13.9 Å². The predicted octanol–water partition coefficient (Wildman–Crippen LogP) is 2.43. The van der Waals surface area contributed by atoms with Gasteiger partial charge in [-0.15, -0.1) is 0 Å². The summed E-state index contributed by atoms with van der Waals surface area (Å²) in [7, 11) is 0. The molecule has 0 aliphatic heterocycles. The van der Waals surface area contributed by atoms with Crippen LogP contribution in [0.4, 0.5) is 10.2 Å². The van der Waals surface area contributed by atoms with Crippen molar-refractivity contribution in [3.8, 4) is 0 Å². The minimum atomic E-state index is -0.549. The summed E-state index contributed by atoms with van der Waals surface area (Å²) in [5.41, 5.74) is 0.509. The molecule has 0 fully saturated rings. The summed E-state index contributed by atoms with van der Waals surface area (Å²) in [6.45, 7) is 4.21. The molecule has 0 aliphatic carbocycles. The maximum atomic E-state index is 13.7. The summed E-state index contributed by atoms with van der Waals surface area (Å²) in [6, 6.07) is 8.14. The smallest absolute Gasteiger partial charge is 0.254 e. The molecular weight excluding hydrogens is 273 g/mol. The molecule has 1 atom stereocenters. The van der Waals surface area contributed by atoms with Crippen LogP contribution < -0.4 is 5.32 Å². The molecule has 0 spiro atoms. The molecule has 0 saturated carbocycles. The van der Waals surface area contributed by atoms with Crippen molar-refractivity contribution in [1.29, 1.82) is 0 Å². The van der Waals surface area contributed by atoms with Crippen molar-refractivity contribution in [2.24, 2.45) is 0 Å². The van der Waals surface area contributed by atoms with Crippen LogP contribution in [0.2, 0.25) is 0 Å². The Labute approximate surface area is 122 Å². The Bertz CT molecular complexity index is 612. The third-order valence-electron chi connectivity index (χ3n) is 3.03.